The smallest absolute Gasteiger partial charge is 0.110 e. The Labute approximate surface area is 70.0 Å². The molecule has 2 rings (SSSR count). The summed E-state index contributed by atoms with van der Waals surface area (Å²) in [5, 5.41) is 7.52. The van der Waals surface area contributed by atoms with Crippen molar-refractivity contribution in [3.63, 3.8) is 0 Å². The molecule has 0 saturated heterocycles. The second kappa shape index (κ2) is 2.55. The van der Waals surface area contributed by atoms with Crippen molar-refractivity contribution in [1.29, 1.82) is 0 Å². The Bertz CT molecular complexity index is 358. The van der Waals surface area contributed by atoms with Crippen LogP contribution in [-0.2, 0) is 0 Å². The molecule has 2 aromatic heterocycles. The van der Waals surface area contributed by atoms with Crippen LogP contribution in [-0.4, -0.2) is 20.2 Å². The first-order valence-electron chi connectivity index (χ1n) is 3.93. The van der Waals surface area contributed by atoms with E-state index in [1.807, 2.05) is 0 Å². The Balaban J connectivity index is 2.62. The van der Waals surface area contributed by atoms with Crippen molar-refractivity contribution < 1.29 is 0 Å². The Morgan fingerprint density at radius 2 is 2.00 bits per heavy atom. The molecule has 0 saturated carbocycles. The third-order valence-electron chi connectivity index (χ3n) is 1.76. The Kier molecular flexibility index (Phi) is 1.53. The molecule has 0 aliphatic rings. The zero-order valence-corrected chi connectivity index (χ0v) is 7.07. The molecule has 4 nitrogen and oxygen atoms in total. The van der Waals surface area contributed by atoms with E-state index in [-0.39, 0.29) is 0 Å². The van der Waals surface area contributed by atoms with E-state index in [4.69, 9.17) is 0 Å². The van der Waals surface area contributed by atoms with Gasteiger partial charge in [0, 0.05) is 5.92 Å². The first-order chi connectivity index (χ1) is 5.77. The lowest BCUT2D eigenvalue weighted by Crippen LogP contribution is -1.88. The van der Waals surface area contributed by atoms with Gasteiger partial charge in [0.2, 0.25) is 0 Å². The average molecular weight is 162 g/mol. The highest BCUT2D eigenvalue weighted by Gasteiger charge is 2.05. The zero-order valence-electron chi connectivity index (χ0n) is 7.07. The number of aromatic nitrogens is 4. The Morgan fingerprint density at radius 1 is 1.25 bits per heavy atom. The molecule has 0 unspecified atom stereocenters. The fraction of sp³-hybridized carbons (Fsp3) is 0.375. The predicted octanol–water partition coefficient (Wildman–Crippen LogP) is 1.48. The van der Waals surface area contributed by atoms with E-state index in [1.165, 1.54) is 0 Å². The van der Waals surface area contributed by atoms with Crippen LogP contribution in [0.4, 0.5) is 0 Å². The van der Waals surface area contributed by atoms with Crippen molar-refractivity contribution in [2.45, 2.75) is 19.8 Å². The largest absolute Gasteiger partial charge is 0.340 e. The van der Waals surface area contributed by atoms with Gasteiger partial charge in [-0.1, -0.05) is 13.8 Å². The molecule has 62 valence electrons. The van der Waals surface area contributed by atoms with Gasteiger partial charge in [-0.3, -0.25) is 0 Å². The first kappa shape index (κ1) is 7.21. The number of imidazole rings is 1. The van der Waals surface area contributed by atoms with Crippen LogP contribution < -0.4 is 0 Å². The van der Waals surface area contributed by atoms with Crippen LogP contribution >= 0.6 is 0 Å². The summed E-state index contributed by atoms with van der Waals surface area (Å²) in [6.45, 7) is 4.19. The van der Waals surface area contributed by atoms with Gasteiger partial charge in [-0.2, -0.15) is 10.2 Å². The van der Waals surface area contributed by atoms with E-state index in [2.05, 4.69) is 34.0 Å². The summed E-state index contributed by atoms with van der Waals surface area (Å²) in [6.07, 6.45) is 3.35. The summed E-state index contributed by atoms with van der Waals surface area (Å²) in [5.41, 5.74) is 1.84. The molecular formula is C8H10N4. The van der Waals surface area contributed by atoms with Gasteiger partial charge in [0.15, 0.2) is 0 Å². The van der Waals surface area contributed by atoms with Gasteiger partial charge < -0.3 is 4.98 Å². The highest BCUT2D eigenvalue weighted by molar-refractivity contribution is 5.72. The van der Waals surface area contributed by atoms with Gasteiger partial charge in [0.1, 0.15) is 11.3 Å². The summed E-state index contributed by atoms with van der Waals surface area (Å²) < 4.78 is 0. The lowest BCUT2D eigenvalue weighted by atomic mass is 10.2. The summed E-state index contributed by atoms with van der Waals surface area (Å²) in [7, 11) is 0. The maximum absolute atomic E-state index is 4.35. The number of nitrogens with zero attached hydrogens (tertiary/aromatic N) is 3. The Morgan fingerprint density at radius 3 is 2.67 bits per heavy atom. The predicted molar refractivity (Wildman–Crippen MR) is 45.8 cm³/mol. The van der Waals surface area contributed by atoms with Gasteiger partial charge in [-0.15, -0.1) is 0 Å². The molecule has 2 heterocycles. The van der Waals surface area contributed by atoms with E-state index in [9.17, 15) is 0 Å². The molecule has 0 radical (unpaired) electrons. The van der Waals surface area contributed by atoms with Crippen molar-refractivity contribution in [2.24, 2.45) is 0 Å². The molecule has 0 bridgehead atoms. The van der Waals surface area contributed by atoms with E-state index in [1.54, 1.807) is 12.4 Å². The van der Waals surface area contributed by atoms with Crippen LogP contribution in [0, 0.1) is 0 Å². The lowest BCUT2D eigenvalue weighted by Gasteiger charge is -1.95. The first-order valence-corrected chi connectivity index (χ1v) is 3.93. The molecule has 12 heavy (non-hydrogen) atoms. The highest BCUT2D eigenvalue weighted by Crippen LogP contribution is 2.14. The second-order valence-corrected chi connectivity index (χ2v) is 3.06. The molecule has 2 aromatic rings. The second-order valence-electron chi connectivity index (χ2n) is 3.06. The topological polar surface area (TPSA) is 54.5 Å². The van der Waals surface area contributed by atoms with E-state index >= 15 is 0 Å². The molecule has 0 aliphatic carbocycles. The van der Waals surface area contributed by atoms with Gasteiger partial charge in [-0.05, 0) is 0 Å². The summed E-state index contributed by atoms with van der Waals surface area (Å²) in [5.74, 6) is 1.40. The summed E-state index contributed by atoms with van der Waals surface area (Å²) in [4.78, 5) is 7.54. The molecule has 0 fully saturated rings. The highest BCUT2D eigenvalue weighted by atomic mass is 15.1. The van der Waals surface area contributed by atoms with E-state index in [0.29, 0.717) is 5.92 Å². The number of hydrogen-bond acceptors (Lipinski definition) is 3. The number of fused-ring (bicyclic) bond motifs is 1. The molecule has 0 aromatic carbocycles. The number of hydrogen-bond donors (Lipinski definition) is 1. The number of H-pyrrole nitrogens is 1. The van der Waals surface area contributed by atoms with Crippen LogP contribution in [0.3, 0.4) is 0 Å². The fourth-order valence-corrected chi connectivity index (χ4v) is 1.07. The van der Waals surface area contributed by atoms with Crippen LogP contribution in [0.1, 0.15) is 25.6 Å². The standard InChI is InChI=1S/C8H10N4/c1-5(2)8-11-6-3-9-10-4-7(6)12-8/h3-5H,1-2H3,(H,11,12). The molecule has 0 amide bonds. The minimum Gasteiger partial charge on any atom is -0.340 e. The zero-order chi connectivity index (χ0) is 8.55. The molecule has 1 N–H and O–H groups in total. The maximum atomic E-state index is 4.35. The minimum absolute atomic E-state index is 0.414. The lowest BCUT2D eigenvalue weighted by molar-refractivity contribution is 0.799. The van der Waals surface area contributed by atoms with E-state index in [0.717, 1.165) is 16.9 Å². The number of rotatable bonds is 1. The van der Waals surface area contributed by atoms with Crippen molar-refractivity contribution in [3.8, 4) is 0 Å². The van der Waals surface area contributed by atoms with Crippen molar-refractivity contribution in [3.05, 3.63) is 18.2 Å². The van der Waals surface area contributed by atoms with Crippen LogP contribution in [0.2, 0.25) is 0 Å². The van der Waals surface area contributed by atoms with Crippen LogP contribution in [0.5, 0.6) is 0 Å². The van der Waals surface area contributed by atoms with Gasteiger partial charge >= 0.3 is 0 Å². The summed E-state index contributed by atoms with van der Waals surface area (Å²) in [6, 6.07) is 0. The SMILES string of the molecule is CC(C)c1nc2cnncc2[nH]1. The van der Waals surface area contributed by atoms with Crippen molar-refractivity contribution in [2.75, 3.05) is 0 Å². The molecule has 4 heteroatoms. The van der Waals surface area contributed by atoms with Crippen LogP contribution in [0.15, 0.2) is 12.4 Å². The molecular weight excluding hydrogens is 152 g/mol. The summed E-state index contributed by atoms with van der Waals surface area (Å²) >= 11 is 0. The maximum Gasteiger partial charge on any atom is 0.110 e. The normalized spacial score (nSPS) is 11.2. The van der Waals surface area contributed by atoms with Gasteiger partial charge in [0.25, 0.3) is 0 Å². The Hall–Kier alpha value is -1.45. The van der Waals surface area contributed by atoms with Crippen molar-refractivity contribution >= 4 is 11.0 Å². The molecule has 0 aliphatic heterocycles. The fourth-order valence-electron chi connectivity index (χ4n) is 1.07. The average Bonchev–Trinajstić information content (AvgIpc) is 2.46. The minimum atomic E-state index is 0.414. The third kappa shape index (κ3) is 1.05. The number of nitrogens with one attached hydrogen (secondary N) is 1. The van der Waals surface area contributed by atoms with Gasteiger partial charge in [0.05, 0.1) is 17.9 Å². The quantitative estimate of drug-likeness (QED) is 0.690. The number of aromatic amines is 1. The van der Waals surface area contributed by atoms with Crippen LogP contribution in [0.25, 0.3) is 11.0 Å². The monoisotopic (exact) mass is 162 g/mol. The van der Waals surface area contributed by atoms with E-state index < -0.39 is 0 Å². The third-order valence-corrected chi connectivity index (χ3v) is 1.76. The van der Waals surface area contributed by atoms with Crippen molar-refractivity contribution in [1.82, 2.24) is 20.2 Å². The van der Waals surface area contributed by atoms with Gasteiger partial charge in [-0.25, -0.2) is 4.98 Å². The molecule has 0 atom stereocenters. The molecule has 0 spiro atoms.